The van der Waals surface area contributed by atoms with E-state index in [1.807, 2.05) is 36.4 Å². The molecule has 1 fully saturated rings. The smallest absolute Gasteiger partial charge is 0.262 e. The summed E-state index contributed by atoms with van der Waals surface area (Å²) in [6.07, 6.45) is 9.56. The zero-order valence-electron chi connectivity index (χ0n) is 14.3. The topological polar surface area (TPSA) is 62.1 Å². The van der Waals surface area contributed by atoms with Crippen LogP contribution >= 0.6 is 0 Å². The van der Waals surface area contributed by atoms with Crippen LogP contribution in [0.5, 0.6) is 5.75 Å². The molecule has 4 heteroatoms. The maximum absolute atomic E-state index is 12.3. The number of para-hydroxylation sites is 1. The fraction of sp³-hybridized carbons (Fsp3) is 0.400. The molecule has 24 heavy (non-hydrogen) atoms. The lowest BCUT2D eigenvalue weighted by molar-refractivity contribution is -0.118. The number of nitriles is 1. The Labute approximate surface area is 143 Å². The van der Waals surface area contributed by atoms with Crippen molar-refractivity contribution in [2.75, 3.05) is 7.11 Å². The Morgan fingerprint density at radius 3 is 2.79 bits per heavy atom. The van der Waals surface area contributed by atoms with E-state index in [1.54, 1.807) is 19.3 Å². The van der Waals surface area contributed by atoms with Crippen LogP contribution in [0.25, 0.3) is 6.08 Å². The van der Waals surface area contributed by atoms with Gasteiger partial charge in [0.2, 0.25) is 0 Å². The highest BCUT2D eigenvalue weighted by molar-refractivity contribution is 5.97. The minimum Gasteiger partial charge on any atom is -0.496 e. The van der Waals surface area contributed by atoms with Crippen LogP contribution in [0, 0.1) is 17.2 Å². The molecule has 1 amide bonds. The lowest BCUT2D eigenvalue weighted by Gasteiger charge is -2.29. The van der Waals surface area contributed by atoms with E-state index >= 15 is 0 Å². The molecule has 0 heterocycles. The van der Waals surface area contributed by atoms with Gasteiger partial charge in [0.15, 0.2) is 0 Å². The number of ether oxygens (including phenoxy) is 1. The van der Waals surface area contributed by atoms with Gasteiger partial charge in [-0.05, 0) is 30.9 Å². The summed E-state index contributed by atoms with van der Waals surface area (Å²) in [5, 5.41) is 12.3. The average Bonchev–Trinajstić information content (AvgIpc) is 2.61. The molecule has 0 bridgehead atoms. The number of carbonyl (C=O) groups is 1. The van der Waals surface area contributed by atoms with Crippen LogP contribution in [0.4, 0.5) is 0 Å². The molecule has 126 valence electrons. The van der Waals surface area contributed by atoms with Gasteiger partial charge in [0.25, 0.3) is 5.91 Å². The Bertz CT molecular complexity index is 670. The highest BCUT2D eigenvalue weighted by atomic mass is 16.5. The highest BCUT2D eigenvalue weighted by Crippen LogP contribution is 2.24. The molecule has 0 radical (unpaired) electrons. The van der Waals surface area contributed by atoms with Crippen LogP contribution in [0.15, 0.2) is 42.0 Å². The molecule has 4 nitrogen and oxygen atoms in total. The quantitative estimate of drug-likeness (QED) is 0.508. The van der Waals surface area contributed by atoms with E-state index < -0.39 is 0 Å². The molecule has 1 aliphatic rings. The van der Waals surface area contributed by atoms with Gasteiger partial charge in [-0.15, -0.1) is 0 Å². The number of hydrogen-bond donors (Lipinski definition) is 1. The van der Waals surface area contributed by atoms with E-state index in [9.17, 15) is 10.1 Å². The van der Waals surface area contributed by atoms with Crippen LogP contribution in [0.3, 0.4) is 0 Å². The first-order chi connectivity index (χ1) is 11.7. The van der Waals surface area contributed by atoms with E-state index in [-0.39, 0.29) is 17.5 Å². The number of allylic oxidation sites excluding steroid dienone is 2. The number of carbonyl (C=O) groups excluding carboxylic acids is 1. The molecule has 0 saturated heterocycles. The fourth-order valence-electron chi connectivity index (χ4n) is 2.99. The Kier molecular flexibility index (Phi) is 6.62. The largest absolute Gasteiger partial charge is 0.496 e. The summed E-state index contributed by atoms with van der Waals surface area (Å²) in [4.78, 5) is 12.3. The summed E-state index contributed by atoms with van der Waals surface area (Å²) in [5.41, 5.74) is 1.02. The Morgan fingerprint density at radius 2 is 2.08 bits per heavy atom. The fourth-order valence-corrected chi connectivity index (χ4v) is 2.99. The molecular weight excluding hydrogens is 300 g/mol. The van der Waals surface area contributed by atoms with Crippen molar-refractivity contribution in [2.24, 2.45) is 5.92 Å². The third-order valence-corrected chi connectivity index (χ3v) is 4.47. The van der Waals surface area contributed by atoms with Crippen molar-refractivity contribution < 1.29 is 9.53 Å². The minimum atomic E-state index is -0.291. The Balaban J connectivity index is 2.04. The second-order valence-electron chi connectivity index (χ2n) is 6.13. The summed E-state index contributed by atoms with van der Waals surface area (Å²) in [6.45, 7) is 2.15. The first-order valence-electron chi connectivity index (χ1n) is 8.38. The van der Waals surface area contributed by atoms with Crippen LogP contribution < -0.4 is 10.1 Å². The normalized spacial score (nSPS) is 21.3. The van der Waals surface area contributed by atoms with Gasteiger partial charge < -0.3 is 10.1 Å². The number of benzene rings is 1. The number of amides is 1. The predicted octanol–water partition coefficient (Wildman–Crippen LogP) is 3.85. The zero-order chi connectivity index (χ0) is 17.4. The Hall–Kier alpha value is -2.54. The summed E-state index contributed by atoms with van der Waals surface area (Å²) in [6, 6.07) is 9.74. The standard InChI is InChI=1S/C20H24N2O2/c1-15-8-3-5-12-18(15)22-20(23)17(14-21)11-7-10-16-9-4-6-13-19(16)24-2/h4,6-7,9-11,13,15,18H,3,5,8,12H2,1-2H3,(H,22,23)/b10-7+,17-11+/t15-,18+/m1/s1. The molecule has 0 aliphatic heterocycles. The molecule has 0 spiro atoms. The van der Waals surface area contributed by atoms with E-state index in [1.165, 1.54) is 6.42 Å². The van der Waals surface area contributed by atoms with Crippen LogP contribution in [-0.2, 0) is 4.79 Å². The van der Waals surface area contributed by atoms with Crippen molar-refractivity contribution in [3.63, 3.8) is 0 Å². The van der Waals surface area contributed by atoms with Gasteiger partial charge in [0.1, 0.15) is 17.4 Å². The van der Waals surface area contributed by atoms with E-state index in [0.29, 0.717) is 5.92 Å². The first kappa shape index (κ1) is 17.8. The van der Waals surface area contributed by atoms with E-state index in [4.69, 9.17) is 4.74 Å². The molecule has 2 atom stereocenters. The van der Waals surface area contributed by atoms with Crippen LogP contribution in [-0.4, -0.2) is 19.1 Å². The van der Waals surface area contributed by atoms with Gasteiger partial charge >= 0.3 is 0 Å². The van der Waals surface area contributed by atoms with Crippen molar-refractivity contribution >= 4 is 12.0 Å². The molecule has 0 unspecified atom stereocenters. The second-order valence-corrected chi connectivity index (χ2v) is 6.13. The van der Waals surface area contributed by atoms with Crippen molar-refractivity contribution in [3.8, 4) is 11.8 Å². The molecule has 0 aromatic heterocycles. The number of rotatable bonds is 5. The number of methoxy groups -OCH3 is 1. The molecule has 2 rings (SSSR count). The van der Waals surface area contributed by atoms with Crippen molar-refractivity contribution in [3.05, 3.63) is 47.6 Å². The molecule has 1 saturated carbocycles. The number of nitrogens with zero attached hydrogens (tertiary/aromatic N) is 1. The van der Waals surface area contributed by atoms with Gasteiger partial charge in [0.05, 0.1) is 7.11 Å². The lowest BCUT2D eigenvalue weighted by Crippen LogP contribution is -2.41. The van der Waals surface area contributed by atoms with Gasteiger partial charge in [-0.1, -0.05) is 50.1 Å². The van der Waals surface area contributed by atoms with Crippen LogP contribution in [0.2, 0.25) is 0 Å². The maximum Gasteiger partial charge on any atom is 0.262 e. The third kappa shape index (κ3) is 4.73. The molecule has 1 aliphatic carbocycles. The first-order valence-corrected chi connectivity index (χ1v) is 8.38. The number of nitrogens with one attached hydrogen (secondary N) is 1. The summed E-state index contributed by atoms with van der Waals surface area (Å²) in [7, 11) is 1.61. The van der Waals surface area contributed by atoms with Crippen molar-refractivity contribution in [1.82, 2.24) is 5.32 Å². The number of hydrogen-bond acceptors (Lipinski definition) is 3. The zero-order valence-corrected chi connectivity index (χ0v) is 14.3. The lowest BCUT2D eigenvalue weighted by atomic mass is 9.86. The maximum atomic E-state index is 12.3. The second kappa shape index (κ2) is 8.93. The van der Waals surface area contributed by atoms with Gasteiger partial charge in [-0.3, -0.25) is 4.79 Å². The molecule has 1 aromatic rings. The molecular formula is C20H24N2O2. The van der Waals surface area contributed by atoms with E-state index in [0.717, 1.165) is 30.6 Å². The average molecular weight is 324 g/mol. The predicted molar refractivity (Wildman–Crippen MR) is 95.3 cm³/mol. The monoisotopic (exact) mass is 324 g/mol. The molecule has 1 aromatic carbocycles. The van der Waals surface area contributed by atoms with Gasteiger partial charge in [-0.2, -0.15) is 5.26 Å². The minimum absolute atomic E-state index is 0.124. The molecule has 1 N–H and O–H groups in total. The Morgan fingerprint density at radius 1 is 1.33 bits per heavy atom. The van der Waals surface area contributed by atoms with Crippen LogP contribution in [0.1, 0.15) is 38.2 Å². The van der Waals surface area contributed by atoms with Gasteiger partial charge in [-0.25, -0.2) is 0 Å². The SMILES string of the molecule is COc1ccccc1/C=C/C=C(\C#N)C(=O)N[C@H]1CCCC[C@H]1C. The van der Waals surface area contributed by atoms with Crippen molar-refractivity contribution in [2.45, 2.75) is 38.6 Å². The van der Waals surface area contributed by atoms with Gasteiger partial charge in [0, 0.05) is 11.6 Å². The third-order valence-electron chi connectivity index (χ3n) is 4.47. The van der Waals surface area contributed by atoms with Crippen molar-refractivity contribution in [1.29, 1.82) is 5.26 Å². The summed E-state index contributed by atoms with van der Waals surface area (Å²) in [5.74, 6) is 0.925. The highest BCUT2D eigenvalue weighted by Gasteiger charge is 2.23. The van der Waals surface area contributed by atoms with E-state index in [2.05, 4.69) is 12.2 Å². The summed E-state index contributed by atoms with van der Waals surface area (Å²) >= 11 is 0. The summed E-state index contributed by atoms with van der Waals surface area (Å²) < 4.78 is 5.27.